The number of nitrogens with zero attached hydrogens (tertiary/aromatic N) is 3. The summed E-state index contributed by atoms with van der Waals surface area (Å²) in [5.41, 5.74) is 0.564. The van der Waals surface area contributed by atoms with Crippen molar-refractivity contribution < 1.29 is 12.8 Å². The van der Waals surface area contributed by atoms with Gasteiger partial charge in [0.25, 0.3) is 0 Å². The van der Waals surface area contributed by atoms with Gasteiger partial charge in [-0.05, 0) is 44.4 Å². The van der Waals surface area contributed by atoms with Crippen LogP contribution < -0.4 is 0 Å². The molecule has 1 saturated heterocycles. The smallest absolute Gasteiger partial charge is 0.243 e. The first-order valence-electron chi connectivity index (χ1n) is 8.20. The van der Waals surface area contributed by atoms with Gasteiger partial charge in [0.15, 0.2) is 0 Å². The Labute approximate surface area is 142 Å². The third-order valence-corrected chi connectivity index (χ3v) is 6.61. The monoisotopic (exact) mass is 351 g/mol. The van der Waals surface area contributed by atoms with E-state index in [9.17, 15) is 12.8 Å². The molecule has 0 spiro atoms. The van der Waals surface area contributed by atoms with Crippen molar-refractivity contribution in [3.63, 3.8) is 0 Å². The Morgan fingerprint density at radius 1 is 1.38 bits per heavy atom. The molecule has 0 N–H and O–H groups in total. The van der Waals surface area contributed by atoms with Crippen LogP contribution >= 0.6 is 0 Å². The average molecular weight is 351 g/mol. The quantitative estimate of drug-likeness (QED) is 0.851. The van der Waals surface area contributed by atoms with Gasteiger partial charge < -0.3 is 4.57 Å². The highest BCUT2D eigenvalue weighted by Crippen LogP contribution is 2.30. The van der Waals surface area contributed by atoms with Crippen LogP contribution in [0.4, 0.5) is 4.39 Å². The molecule has 1 aliphatic rings. The van der Waals surface area contributed by atoms with Gasteiger partial charge in [0.2, 0.25) is 10.0 Å². The Morgan fingerprint density at radius 2 is 2.17 bits per heavy atom. The van der Waals surface area contributed by atoms with Crippen molar-refractivity contribution in [3.05, 3.63) is 47.8 Å². The van der Waals surface area contributed by atoms with Crippen LogP contribution in [0.2, 0.25) is 0 Å². The second kappa shape index (κ2) is 6.64. The molecule has 1 aliphatic heterocycles. The summed E-state index contributed by atoms with van der Waals surface area (Å²) >= 11 is 0. The number of hydrogen-bond acceptors (Lipinski definition) is 3. The lowest BCUT2D eigenvalue weighted by atomic mass is 9.99. The van der Waals surface area contributed by atoms with Gasteiger partial charge >= 0.3 is 0 Å². The summed E-state index contributed by atoms with van der Waals surface area (Å²) in [5, 5.41) is 0. The van der Waals surface area contributed by atoms with E-state index >= 15 is 0 Å². The SMILES string of the molecule is CCn1ccnc1[C@@H]1CCCN(S(=O)(=O)c2cc(F)ccc2C)C1. The number of benzene rings is 1. The minimum Gasteiger partial charge on any atom is -0.335 e. The maximum atomic E-state index is 13.5. The zero-order chi connectivity index (χ0) is 17.3. The molecular formula is C17H22FN3O2S. The summed E-state index contributed by atoms with van der Waals surface area (Å²) in [6.45, 7) is 5.38. The van der Waals surface area contributed by atoms with E-state index in [2.05, 4.69) is 4.98 Å². The molecule has 1 aromatic heterocycles. The van der Waals surface area contributed by atoms with Crippen molar-refractivity contribution in [2.24, 2.45) is 0 Å². The number of halogens is 1. The molecule has 1 fully saturated rings. The van der Waals surface area contributed by atoms with Crippen LogP contribution in [0.25, 0.3) is 0 Å². The number of piperidine rings is 1. The molecule has 2 heterocycles. The molecule has 1 atom stereocenters. The van der Waals surface area contributed by atoms with Gasteiger partial charge in [0, 0.05) is 37.9 Å². The zero-order valence-corrected chi connectivity index (χ0v) is 14.8. The van der Waals surface area contributed by atoms with E-state index in [-0.39, 0.29) is 10.8 Å². The van der Waals surface area contributed by atoms with Crippen molar-refractivity contribution in [2.45, 2.75) is 44.0 Å². The average Bonchev–Trinajstić information content (AvgIpc) is 3.06. The highest BCUT2D eigenvalue weighted by Gasteiger charge is 2.33. The van der Waals surface area contributed by atoms with E-state index in [1.165, 1.54) is 16.4 Å². The maximum Gasteiger partial charge on any atom is 0.243 e. The van der Waals surface area contributed by atoms with E-state index in [1.54, 1.807) is 13.1 Å². The molecule has 1 aromatic carbocycles. The molecular weight excluding hydrogens is 329 g/mol. The predicted molar refractivity (Wildman–Crippen MR) is 89.8 cm³/mol. The van der Waals surface area contributed by atoms with Gasteiger partial charge in [-0.15, -0.1) is 0 Å². The molecule has 0 amide bonds. The van der Waals surface area contributed by atoms with E-state index in [0.717, 1.165) is 31.3 Å². The molecule has 130 valence electrons. The largest absolute Gasteiger partial charge is 0.335 e. The number of hydrogen-bond donors (Lipinski definition) is 0. The molecule has 3 rings (SSSR count). The molecule has 0 unspecified atom stereocenters. The van der Waals surface area contributed by atoms with Gasteiger partial charge in [0.05, 0.1) is 4.90 Å². The predicted octanol–water partition coefficient (Wildman–Crippen LogP) is 2.92. The molecule has 7 heteroatoms. The van der Waals surface area contributed by atoms with Crippen molar-refractivity contribution >= 4 is 10.0 Å². The first kappa shape index (κ1) is 17.1. The maximum absolute atomic E-state index is 13.5. The summed E-state index contributed by atoms with van der Waals surface area (Å²) in [6.07, 6.45) is 5.35. The lowest BCUT2D eigenvalue weighted by Crippen LogP contribution is -2.40. The third kappa shape index (κ3) is 3.10. The van der Waals surface area contributed by atoms with Crippen LogP contribution in [0, 0.1) is 12.7 Å². The highest BCUT2D eigenvalue weighted by molar-refractivity contribution is 7.89. The topological polar surface area (TPSA) is 55.2 Å². The van der Waals surface area contributed by atoms with Gasteiger partial charge in [-0.3, -0.25) is 0 Å². The summed E-state index contributed by atoms with van der Waals surface area (Å²) in [7, 11) is -3.70. The van der Waals surface area contributed by atoms with Gasteiger partial charge in [-0.1, -0.05) is 6.07 Å². The molecule has 0 bridgehead atoms. The lowest BCUT2D eigenvalue weighted by Gasteiger charge is -2.32. The zero-order valence-electron chi connectivity index (χ0n) is 13.9. The highest BCUT2D eigenvalue weighted by atomic mass is 32.2. The Morgan fingerprint density at radius 3 is 2.92 bits per heavy atom. The van der Waals surface area contributed by atoms with Crippen molar-refractivity contribution in [1.82, 2.24) is 13.9 Å². The minimum absolute atomic E-state index is 0.0574. The molecule has 24 heavy (non-hydrogen) atoms. The van der Waals surface area contributed by atoms with Crippen molar-refractivity contribution in [3.8, 4) is 0 Å². The van der Waals surface area contributed by atoms with E-state index in [4.69, 9.17) is 0 Å². The molecule has 0 radical (unpaired) electrons. The number of aromatic nitrogens is 2. The van der Waals surface area contributed by atoms with E-state index in [1.807, 2.05) is 17.7 Å². The molecule has 0 aliphatic carbocycles. The van der Waals surface area contributed by atoms with Crippen LogP contribution in [0.5, 0.6) is 0 Å². The summed E-state index contributed by atoms with van der Waals surface area (Å²) in [4.78, 5) is 4.47. The Hall–Kier alpha value is -1.73. The van der Waals surface area contributed by atoms with Gasteiger partial charge in [0.1, 0.15) is 11.6 Å². The number of rotatable bonds is 4. The number of sulfonamides is 1. The second-order valence-electron chi connectivity index (χ2n) is 6.18. The number of aryl methyl sites for hydroxylation is 2. The van der Waals surface area contributed by atoms with Crippen molar-refractivity contribution in [2.75, 3.05) is 13.1 Å². The fourth-order valence-corrected chi connectivity index (χ4v) is 5.07. The van der Waals surface area contributed by atoms with Crippen LogP contribution in [0.15, 0.2) is 35.5 Å². The van der Waals surface area contributed by atoms with E-state index < -0.39 is 15.8 Å². The fourth-order valence-electron chi connectivity index (χ4n) is 3.31. The van der Waals surface area contributed by atoms with Crippen LogP contribution in [0.1, 0.15) is 37.1 Å². The third-order valence-electron chi connectivity index (χ3n) is 4.61. The Kier molecular flexibility index (Phi) is 4.73. The molecule has 2 aromatic rings. The summed E-state index contributed by atoms with van der Waals surface area (Å²) in [6, 6.07) is 3.90. The molecule has 5 nitrogen and oxygen atoms in total. The van der Waals surface area contributed by atoms with Gasteiger partial charge in [-0.2, -0.15) is 4.31 Å². The number of imidazole rings is 1. The van der Waals surface area contributed by atoms with Crippen LogP contribution in [-0.2, 0) is 16.6 Å². The normalized spacial score (nSPS) is 19.5. The Bertz CT molecular complexity index is 832. The second-order valence-corrected chi connectivity index (χ2v) is 8.09. The first-order chi connectivity index (χ1) is 11.4. The van der Waals surface area contributed by atoms with Crippen molar-refractivity contribution in [1.29, 1.82) is 0 Å². The fraction of sp³-hybridized carbons (Fsp3) is 0.471. The summed E-state index contributed by atoms with van der Waals surface area (Å²) < 4.78 is 43.0. The minimum atomic E-state index is -3.70. The van der Waals surface area contributed by atoms with Gasteiger partial charge in [-0.25, -0.2) is 17.8 Å². The van der Waals surface area contributed by atoms with E-state index in [0.29, 0.717) is 18.7 Å². The summed E-state index contributed by atoms with van der Waals surface area (Å²) in [5.74, 6) is 0.458. The lowest BCUT2D eigenvalue weighted by molar-refractivity contribution is 0.305. The first-order valence-corrected chi connectivity index (χ1v) is 9.65. The van der Waals surface area contributed by atoms with Crippen LogP contribution in [0.3, 0.4) is 0 Å². The molecule has 0 saturated carbocycles. The Balaban J connectivity index is 1.90. The standard InChI is InChI=1S/C17H22FN3O2S/c1-3-20-10-8-19-17(20)14-5-4-9-21(12-14)24(22,23)16-11-15(18)7-6-13(16)2/h6-8,10-11,14H,3-5,9,12H2,1-2H3/t14-/m1/s1. The van der Waals surface area contributed by atoms with Crippen LogP contribution in [-0.4, -0.2) is 35.4 Å².